The molecule has 0 aliphatic carbocycles. The van der Waals surface area contributed by atoms with Crippen LogP contribution in [0.15, 0.2) is 60.7 Å². The number of carbonyl (C=O) groups excluding carboxylic acids is 1. The summed E-state index contributed by atoms with van der Waals surface area (Å²) in [6.45, 7) is 5.16. The molecule has 4 aromatic rings. The molecule has 0 aliphatic heterocycles. The van der Waals surface area contributed by atoms with Crippen molar-refractivity contribution in [1.29, 1.82) is 0 Å². The van der Waals surface area contributed by atoms with E-state index in [1.54, 1.807) is 0 Å². The SMILES string of the molecule is CCCn1c(-c2ccc(C(=O)Nc3ccccc3CC)s2)nc2ccccc21. The molecule has 1 N–H and O–H groups in total. The first-order valence-electron chi connectivity index (χ1n) is 9.66. The summed E-state index contributed by atoms with van der Waals surface area (Å²) >= 11 is 1.49. The summed E-state index contributed by atoms with van der Waals surface area (Å²) in [7, 11) is 0. The van der Waals surface area contributed by atoms with Crippen molar-refractivity contribution in [3.8, 4) is 10.7 Å². The van der Waals surface area contributed by atoms with Gasteiger partial charge in [-0.25, -0.2) is 4.98 Å². The van der Waals surface area contributed by atoms with Crippen LogP contribution in [-0.2, 0) is 13.0 Å². The Kier molecular flexibility index (Phi) is 5.26. The largest absolute Gasteiger partial charge is 0.323 e. The Balaban J connectivity index is 1.65. The normalized spacial score (nSPS) is 11.1. The molecule has 0 unspecified atom stereocenters. The topological polar surface area (TPSA) is 46.9 Å². The lowest BCUT2D eigenvalue weighted by Gasteiger charge is -2.08. The van der Waals surface area contributed by atoms with E-state index >= 15 is 0 Å². The molecule has 4 nitrogen and oxygen atoms in total. The Labute approximate surface area is 168 Å². The summed E-state index contributed by atoms with van der Waals surface area (Å²) in [6, 6.07) is 20.0. The van der Waals surface area contributed by atoms with Gasteiger partial charge < -0.3 is 9.88 Å². The quantitative estimate of drug-likeness (QED) is 0.440. The van der Waals surface area contributed by atoms with Crippen molar-refractivity contribution in [3.63, 3.8) is 0 Å². The molecule has 0 bridgehead atoms. The lowest BCUT2D eigenvalue weighted by Crippen LogP contribution is -2.11. The first kappa shape index (κ1) is 18.4. The highest BCUT2D eigenvalue weighted by Crippen LogP contribution is 2.31. The third kappa shape index (κ3) is 3.45. The number of aromatic nitrogens is 2. The number of hydrogen-bond donors (Lipinski definition) is 1. The standard InChI is InChI=1S/C23H23N3OS/c1-3-15-26-19-12-8-7-11-18(19)24-22(26)20-13-14-21(28-20)23(27)25-17-10-6-5-9-16(17)4-2/h5-14H,3-4,15H2,1-2H3,(H,25,27). The molecule has 0 spiro atoms. The maximum absolute atomic E-state index is 12.8. The highest BCUT2D eigenvalue weighted by atomic mass is 32.1. The van der Waals surface area contributed by atoms with E-state index in [9.17, 15) is 4.79 Å². The van der Waals surface area contributed by atoms with Crippen molar-refractivity contribution < 1.29 is 4.79 Å². The van der Waals surface area contributed by atoms with E-state index in [1.165, 1.54) is 11.3 Å². The summed E-state index contributed by atoms with van der Waals surface area (Å²) in [4.78, 5) is 19.3. The van der Waals surface area contributed by atoms with Crippen molar-refractivity contribution in [3.05, 3.63) is 71.1 Å². The smallest absolute Gasteiger partial charge is 0.265 e. The van der Waals surface area contributed by atoms with Crippen LogP contribution in [0, 0.1) is 0 Å². The number of nitrogens with zero attached hydrogens (tertiary/aromatic N) is 2. The number of benzene rings is 2. The fourth-order valence-corrected chi connectivity index (χ4v) is 4.33. The van der Waals surface area contributed by atoms with Crippen LogP contribution in [-0.4, -0.2) is 15.5 Å². The molecular formula is C23H23N3OS. The molecule has 2 heterocycles. The number of imidazole rings is 1. The second-order valence-corrected chi connectivity index (χ2v) is 7.79. The molecule has 0 saturated carbocycles. The van der Waals surface area contributed by atoms with E-state index in [2.05, 4.69) is 29.8 Å². The highest BCUT2D eigenvalue weighted by Gasteiger charge is 2.17. The number of amides is 1. The van der Waals surface area contributed by atoms with E-state index in [-0.39, 0.29) is 5.91 Å². The van der Waals surface area contributed by atoms with Crippen LogP contribution in [0.5, 0.6) is 0 Å². The third-order valence-electron chi connectivity index (χ3n) is 4.80. The number of carbonyl (C=O) groups is 1. The fourth-order valence-electron chi connectivity index (χ4n) is 3.43. The van der Waals surface area contributed by atoms with E-state index in [4.69, 9.17) is 4.98 Å². The lowest BCUT2D eigenvalue weighted by atomic mass is 10.1. The number of aryl methyl sites for hydroxylation is 2. The molecule has 142 valence electrons. The molecule has 4 rings (SSSR count). The summed E-state index contributed by atoms with van der Waals surface area (Å²) in [5, 5.41) is 3.05. The van der Waals surface area contributed by atoms with E-state index in [0.717, 1.165) is 52.4 Å². The number of hydrogen-bond acceptors (Lipinski definition) is 3. The molecule has 5 heteroatoms. The zero-order valence-electron chi connectivity index (χ0n) is 16.1. The molecule has 2 aromatic heterocycles. The average molecular weight is 390 g/mol. The molecule has 0 atom stereocenters. The summed E-state index contributed by atoms with van der Waals surface area (Å²) in [5.74, 6) is 0.858. The summed E-state index contributed by atoms with van der Waals surface area (Å²) < 4.78 is 2.25. The van der Waals surface area contributed by atoms with Crippen LogP contribution in [0.1, 0.15) is 35.5 Å². The van der Waals surface area contributed by atoms with Crippen LogP contribution in [0.25, 0.3) is 21.7 Å². The molecule has 0 radical (unpaired) electrons. The van der Waals surface area contributed by atoms with Gasteiger partial charge in [0, 0.05) is 12.2 Å². The first-order chi connectivity index (χ1) is 13.7. The van der Waals surface area contributed by atoms with Crippen molar-refractivity contribution in [2.24, 2.45) is 0 Å². The van der Waals surface area contributed by atoms with Crippen LogP contribution in [0.3, 0.4) is 0 Å². The Hall–Kier alpha value is -2.92. The summed E-state index contributed by atoms with van der Waals surface area (Å²) in [5.41, 5.74) is 4.14. The van der Waals surface area contributed by atoms with Gasteiger partial charge in [0.25, 0.3) is 5.91 Å². The minimum atomic E-state index is -0.0738. The number of rotatable bonds is 6. The number of nitrogens with one attached hydrogen (secondary N) is 1. The molecule has 0 saturated heterocycles. The summed E-state index contributed by atoms with van der Waals surface area (Å²) in [6.07, 6.45) is 1.91. The average Bonchev–Trinajstić information content (AvgIpc) is 3.34. The van der Waals surface area contributed by atoms with Gasteiger partial charge in [-0.15, -0.1) is 11.3 Å². The van der Waals surface area contributed by atoms with Crippen LogP contribution < -0.4 is 5.32 Å². The fraction of sp³-hybridized carbons (Fsp3) is 0.217. The molecular weight excluding hydrogens is 366 g/mol. The van der Waals surface area contributed by atoms with E-state index < -0.39 is 0 Å². The number of anilines is 1. The first-order valence-corrected chi connectivity index (χ1v) is 10.5. The minimum Gasteiger partial charge on any atom is -0.323 e. The Morgan fingerprint density at radius 2 is 1.82 bits per heavy atom. The van der Waals surface area contributed by atoms with Gasteiger partial charge >= 0.3 is 0 Å². The van der Waals surface area contributed by atoms with Gasteiger partial charge in [-0.05, 0) is 48.7 Å². The van der Waals surface area contributed by atoms with Gasteiger partial charge in [0.2, 0.25) is 0 Å². The Bertz CT molecular complexity index is 1130. The Morgan fingerprint density at radius 3 is 2.64 bits per heavy atom. The predicted molar refractivity (Wildman–Crippen MR) is 117 cm³/mol. The predicted octanol–water partition coefficient (Wildman–Crippen LogP) is 5.99. The van der Waals surface area contributed by atoms with E-state index in [1.807, 2.05) is 54.6 Å². The van der Waals surface area contributed by atoms with Crippen LogP contribution >= 0.6 is 11.3 Å². The lowest BCUT2D eigenvalue weighted by molar-refractivity contribution is 0.103. The van der Waals surface area contributed by atoms with Gasteiger partial charge in [0.1, 0.15) is 0 Å². The second-order valence-electron chi connectivity index (χ2n) is 6.70. The number of fused-ring (bicyclic) bond motifs is 1. The van der Waals surface area contributed by atoms with Crippen molar-refractivity contribution >= 4 is 34.0 Å². The number of thiophene rings is 1. The Morgan fingerprint density at radius 1 is 1.04 bits per heavy atom. The van der Waals surface area contributed by atoms with Crippen LogP contribution in [0.2, 0.25) is 0 Å². The van der Waals surface area contributed by atoms with Gasteiger partial charge in [0.15, 0.2) is 5.82 Å². The maximum Gasteiger partial charge on any atom is 0.265 e. The van der Waals surface area contributed by atoms with Crippen LogP contribution in [0.4, 0.5) is 5.69 Å². The van der Waals surface area contributed by atoms with Crippen molar-refractivity contribution in [2.75, 3.05) is 5.32 Å². The van der Waals surface area contributed by atoms with Crippen molar-refractivity contribution in [2.45, 2.75) is 33.2 Å². The molecule has 2 aromatic carbocycles. The number of para-hydroxylation sites is 3. The van der Waals surface area contributed by atoms with Gasteiger partial charge in [-0.2, -0.15) is 0 Å². The molecule has 0 aliphatic rings. The second kappa shape index (κ2) is 7.98. The molecule has 0 fully saturated rings. The molecule has 28 heavy (non-hydrogen) atoms. The van der Waals surface area contributed by atoms with Gasteiger partial charge in [-0.1, -0.05) is 44.2 Å². The van der Waals surface area contributed by atoms with Crippen molar-refractivity contribution in [1.82, 2.24) is 9.55 Å². The zero-order chi connectivity index (χ0) is 19.5. The van der Waals surface area contributed by atoms with Gasteiger partial charge in [-0.3, -0.25) is 4.79 Å². The van der Waals surface area contributed by atoms with Gasteiger partial charge in [0.05, 0.1) is 20.8 Å². The zero-order valence-corrected chi connectivity index (χ0v) is 16.9. The highest BCUT2D eigenvalue weighted by molar-refractivity contribution is 7.17. The molecule has 1 amide bonds. The van der Waals surface area contributed by atoms with E-state index in [0.29, 0.717) is 4.88 Å². The monoisotopic (exact) mass is 389 g/mol. The minimum absolute atomic E-state index is 0.0738. The third-order valence-corrected chi connectivity index (χ3v) is 5.88. The maximum atomic E-state index is 12.8.